The number of rotatable bonds is 4. The topological polar surface area (TPSA) is 46.9 Å². The summed E-state index contributed by atoms with van der Waals surface area (Å²) in [5.41, 5.74) is 0.145. The zero-order valence-corrected chi connectivity index (χ0v) is 12.5. The second-order valence-electron chi connectivity index (χ2n) is 6.68. The van der Waals surface area contributed by atoms with Crippen LogP contribution < -0.4 is 10.9 Å². The molecule has 1 aliphatic carbocycles. The van der Waals surface area contributed by atoms with Crippen molar-refractivity contribution in [3.8, 4) is 0 Å². The number of aromatic nitrogens is 2. The van der Waals surface area contributed by atoms with Gasteiger partial charge in [0.2, 0.25) is 0 Å². The average molecular weight is 263 g/mol. The van der Waals surface area contributed by atoms with Crippen LogP contribution in [0.3, 0.4) is 0 Å². The Hall–Kier alpha value is -1.32. The first-order valence-electron chi connectivity index (χ1n) is 7.20. The highest BCUT2D eigenvalue weighted by Gasteiger charge is 2.35. The lowest BCUT2D eigenvalue weighted by molar-refractivity contribution is 0.145. The van der Waals surface area contributed by atoms with Crippen LogP contribution >= 0.6 is 0 Å². The van der Waals surface area contributed by atoms with Crippen molar-refractivity contribution in [3.05, 3.63) is 22.7 Å². The molecule has 1 N–H and O–H groups in total. The van der Waals surface area contributed by atoms with E-state index in [-0.39, 0.29) is 11.1 Å². The van der Waals surface area contributed by atoms with Gasteiger partial charge in [0.15, 0.2) is 5.82 Å². The molecule has 0 atom stereocenters. The molecular weight excluding hydrogens is 238 g/mol. The molecule has 4 heteroatoms. The van der Waals surface area contributed by atoms with E-state index in [1.807, 2.05) is 20.8 Å². The first kappa shape index (κ1) is 14.1. The number of nitrogens with zero attached hydrogens (tertiary/aromatic N) is 2. The van der Waals surface area contributed by atoms with Crippen LogP contribution in [0.25, 0.3) is 0 Å². The van der Waals surface area contributed by atoms with E-state index in [0.717, 1.165) is 6.54 Å². The summed E-state index contributed by atoms with van der Waals surface area (Å²) in [7, 11) is 0. The lowest BCUT2D eigenvalue weighted by Crippen LogP contribution is -2.39. The van der Waals surface area contributed by atoms with Gasteiger partial charge in [-0.25, -0.2) is 4.98 Å². The van der Waals surface area contributed by atoms with Crippen molar-refractivity contribution in [2.75, 3.05) is 11.9 Å². The zero-order chi connectivity index (χ0) is 14.1. The molecule has 0 spiro atoms. The number of hydrogen-bond donors (Lipinski definition) is 1. The Morgan fingerprint density at radius 3 is 2.58 bits per heavy atom. The van der Waals surface area contributed by atoms with Gasteiger partial charge in [0.1, 0.15) is 0 Å². The van der Waals surface area contributed by atoms with Gasteiger partial charge in [0.05, 0.1) is 0 Å². The Bertz CT molecular complexity index is 489. The average Bonchev–Trinajstić information content (AvgIpc) is 2.28. The Morgan fingerprint density at radius 2 is 2.11 bits per heavy atom. The number of nitrogens with one attached hydrogen (secondary N) is 1. The smallest absolute Gasteiger partial charge is 0.293 e. The molecule has 0 saturated heterocycles. The standard InChI is InChI=1S/C15H25N3O/c1-5-15(7-6-8-15)11-17-12-13(19)18(10-9-16-12)14(2,3)4/h9-10H,5-8,11H2,1-4H3,(H,16,17). The molecule has 2 rings (SSSR count). The van der Waals surface area contributed by atoms with Gasteiger partial charge in [0.25, 0.3) is 5.56 Å². The molecule has 1 heterocycles. The number of anilines is 1. The van der Waals surface area contributed by atoms with Gasteiger partial charge in [-0.3, -0.25) is 4.79 Å². The van der Waals surface area contributed by atoms with E-state index in [1.165, 1.54) is 25.7 Å². The summed E-state index contributed by atoms with van der Waals surface area (Å²) in [6.07, 6.45) is 8.46. The quantitative estimate of drug-likeness (QED) is 0.908. The summed E-state index contributed by atoms with van der Waals surface area (Å²) in [5, 5.41) is 3.27. The fourth-order valence-corrected chi connectivity index (χ4v) is 2.66. The van der Waals surface area contributed by atoms with Crippen molar-refractivity contribution in [3.63, 3.8) is 0 Å². The van der Waals surface area contributed by atoms with Crippen molar-refractivity contribution in [2.24, 2.45) is 5.41 Å². The fraction of sp³-hybridized carbons (Fsp3) is 0.733. The fourth-order valence-electron chi connectivity index (χ4n) is 2.66. The summed E-state index contributed by atoms with van der Waals surface area (Å²) in [5.74, 6) is 0.483. The Morgan fingerprint density at radius 1 is 1.42 bits per heavy atom. The van der Waals surface area contributed by atoms with Crippen LogP contribution in [0.2, 0.25) is 0 Å². The van der Waals surface area contributed by atoms with Crippen molar-refractivity contribution < 1.29 is 0 Å². The van der Waals surface area contributed by atoms with E-state index in [1.54, 1.807) is 17.0 Å². The third-order valence-corrected chi connectivity index (χ3v) is 4.36. The van der Waals surface area contributed by atoms with E-state index in [4.69, 9.17) is 0 Å². The maximum atomic E-state index is 12.4. The molecule has 0 amide bonds. The normalized spacial score (nSPS) is 17.9. The maximum Gasteiger partial charge on any atom is 0.293 e. The van der Waals surface area contributed by atoms with Gasteiger partial charge in [-0.05, 0) is 45.4 Å². The Balaban J connectivity index is 2.16. The molecule has 1 aliphatic rings. The molecule has 1 saturated carbocycles. The number of hydrogen-bond acceptors (Lipinski definition) is 3. The minimum atomic E-state index is -0.213. The van der Waals surface area contributed by atoms with Crippen molar-refractivity contribution in [2.45, 2.75) is 58.9 Å². The summed E-state index contributed by atoms with van der Waals surface area (Å²) >= 11 is 0. The van der Waals surface area contributed by atoms with Crippen molar-refractivity contribution in [1.82, 2.24) is 9.55 Å². The van der Waals surface area contributed by atoms with E-state index >= 15 is 0 Å². The highest BCUT2D eigenvalue weighted by molar-refractivity contribution is 5.31. The second kappa shape index (κ2) is 4.99. The summed E-state index contributed by atoms with van der Waals surface area (Å²) in [6, 6.07) is 0. The highest BCUT2D eigenvalue weighted by atomic mass is 16.1. The molecule has 1 aromatic rings. The minimum absolute atomic E-state index is 0.0272. The van der Waals surface area contributed by atoms with Crippen LogP contribution in [-0.2, 0) is 5.54 Å². The van der Waals surface area contributed by atoms with Crippen molar-refractivity contribution in [1.29, 1.82) is 0 Å². The van der Waals surface area contributed by atoms with E-state index in [2.05, 4.69) is 17.2 Å². The monoisotopic (exact) mass is 263 g/mol. The SMILES string of the molecule is CCC1(CNc2nccn(C(C)(C)C)c2=O)CCC1. The first-order chi connectivity index (χ1) is 8.88. The van der Waals surface area contributed by atoms with Crippen LogP contribution in [0.5, 0.6) is 0 Å². The van der Waals surface area contributed by atoms with Gasteiger partial charge in [-0.1, -0.05) is 13.3 Å². The molecule has 4 nitrogen and oxygen atoms in total. The van der Waals surface area contributed by atoms with E-state index < -0.39 is 0 Å². The van der Waals surface area contributed by atoms with E-state index in [9.17, 15) is 4.79 Å². The molecule has 1 aromatic heterocycles. The maximum absolute atomic E-state index is 12.4. The molecule has 1 fully saturated rings. The van der Waals surface area contributed by atoms with Gasteiger partial charge < -0.3 is 9.88 Å². The van der Waals surface area contributed by atoms with Crippen molar-refractivity contribution >= 4 is 5.82 Å². The van der Waals surface area contributed by atoms with Crippen LogP contribution in [0, 0.1) is 5.41 Å². The first-order valence-corrected chi connectivity index (χ1v) is 7.20. The van der Waals surface area contributed by atoms with Gasteiger partial charge in [-0.2, -0.15) is 0 Å². The Kier molecular flexibility index (Phi) is 3.70. The molecule has 106 valence electrons. The summed E-state index contributed by atoms with van der Waals surface area (Å²) < 4.78 is 1.74. The third kappa shape index (κ3) is 2.82. The minimum Gasteiger partial charge on any atom is -0.365 e. The second-order valence-corrected chi connectivity index (χ2v) is 6.68. The predicted molar refractivity (Wildman–Crippen MR) is 78.6 cm³/mol. The summed E-state index contributed by atoms with van der Waals surface area (Å²) in [6.45, 7) is 9.17. The Labute approximate surface area is 115 Å². The molecule has 0 aromatic carbocycles. The predicted octanol–water partition coefficient (Wildman–Crippen LogP) is 2.99. The lowest BCUT2D eigenvalue weighted by Gasteiger charge is -2.41. The molecular formula is C15H25N3O. The molecule has 0 aliphatic heterocycles. The summed E-state index contributed by atoms with van der Waals surface area (Å²) in [4.78, 5) is 16.6. The van der Waals surface area contributed by atoms with Crippen LogP contribution in [0.4, 0.5) is 5.82 Å². The van der Waals surface area contributed by atoms with Crippen LogP contribution in [-0.4, -0.2) is 16.1 Å². The molecule has 0 radical (unpaired) electrons. The molecule has 0 bridgehead atoms. The third-order valence-electron chi connectivity index (χ3n) is 4.36. The van der Waals surface area contributed by atoms with Crippen LogP contribution in [0.1, 0.15) is 53.4 Å². The van der Waals surface area contributed by atoms with Gasteiger partial charge in [-0.15, -0.1) is 0 Å². The highest BCUT2D eigenvalue weighted by Crippen LogP contribution is 2.43. The largest absolute Gasteiger partial charge is 0.365 e. The molecule has 0 unspecified atom stereocenters. The zero-order valence-electron chi connectivity index (χ0n) is 12.5. The van der Waals surface area contributed by atoms with Gasteiger partial charge in [0, 0.05) is 24.5 Å². The van der Waals surface area contributed by atoms with Crippen LogP contribution in [0.15, 0.2) is 17.2 Å². The van der Waals surface area contributed by atoms with Gasteiger partial charge >= 0.3 is 0 Å². The van der Waals surface area contributed by atoms with E-state index in [0.29, 0.717) is 11.2 Å². The lowest BCUT2D eigenvalue weighted by atomic mass is 9.67. The molecule has 19 heavy (non-hydrogen) atoms.